The molecule has 1 saturated carbocycles. The Morgan fingerprint density at radius 1 is 1.33 bits per heavy atom. The number of ether oxygens (including phenoxy) is 1. The average molecular weight is 254 g/mol. The number of hydrogen-bond donors (Lipinski definition) is 0. The van der Waals surface area contributed by atoms with Crippen molar-refractivity contribution >= 4 is 5.97 Å². The molecule has 2 nitrogen and oxygen atoms in total. The molecular weight excluding hydrogens is 238 g/mol. The molecule has 98 valence electrons. The number of alkyl halides is 2. The molecule has 0 saturated heterocycles. The highest BCUT2D eigenvalue weighted by Crippen LogP contribution is 2.52. The van der Waals surface area contributed by atoms with E-state index < -0.39 is 11.8 Å². The van der Waals surface area contributed by atoms with Gasteiger partial charge in [0, 0.05) is 0 Å². The maximum Gasteiger partial charge on any atom is 0.310 e. The molecule has 0 N–H and O–H groups in total. The van der Waals surface area contributed by atoms with Gasteiger partial charge in [-0.25, -0.2) is 8.78 Å². The Morgan fingerprint density at radius 2 is 1.94 bits per heavy atom. The summed E-state index contributed by atoms with van der Waals surface area (Å²) in [4.78, 5) is 11.3. The largest absolute Gasteiger partial charge is 0.466 e. The monoisotopic (exact) mass is 254 g/mol. The van der Waals surface area contributed by atoms with Crippen LogP contribution in [0.1, 0.15) is 30.9 Å². The van der Waals surface area contributed by atoms with Crippen LogP contribution in [0.25, 0.3) is 0 Å². The number of hydrogen-bond acceptors (Lipinski definition) is 2. The van der Waals surface area contributed by atoms with Crippen LogP contribution in [-0.2, 0) is 21.4 Å². The first-order valence-electron chi connectivity index (χ1n) is 6.11. The Hall–Kier alpha value is -1.45. The van der Waals surface area contributed by atoms with Crippen LogP contribution in [0.5, 0.6) is 0 Å². The van der Waals surface area contributed by atoms with Crippen molar-refractivity contribution < 1.29 is 18.3 Å². The van der Waals surface area contributed by atoms with Crippen molar-refractivity contribution in [2.45, 2.75) is 38.0 Å². The quantitative estimate of drug-likeness (QED) is 0.755. The highest BCUT2D eigenvalue weighted by molar-refractivity contribution is 5.72. The minimum Gasteiger partial charge on any atom is -0.466 e. The SMILES string of the molecule is CCOC(=O)Cc1ccc(C2(C(F)F)CC2)cc1. The first kappa shape index (κ1) is 13.0. The second kappa shape index (κ2) is 5.04. The highest BCUT2D eigenvalue weighted by atomic mass is 19.3. The van der Waals surface area contributed by atoms with E-state index in [2.05, 4.69) is 0 Å². The van der Waals surface area contributed by atoms with Crippen molar-refractivity contribution in [3.05, 3.63) is 35.4 Å². The molecule has 1 fully saturated rings. The van der Waals surface area contributed by atoms with E-state index in [4.69, 9.17) is 4.74 Å². The van der Waals surface area contributed by atoms with E-state index in [1.807, 2.05) is 0 Å². The maximum atomic E-state index is 12.9. The zero-order valence-electron chi connectivity index (χ0n) is 10.3. The van der Waals surface area contributed by atoms with Gasteiger partial charge in [-0.05, 0) is 30.9 Å². The third-order valence-electron chi connectivity index (χ3n) is 3.39. The molecule has 1 aliphatic carbocycles. The van der Waals surface area contributed by atoms with Crippen LogP contribution < -0.4 is 0 Å². The maximum absolute atomic E-state index is 12.9. The third kappa shape index (κ3) is 2.52. The highest BCUT2D eigenvalue weighted by Gasteiger charge is 2.52. The predicted molar refractivity (Wildman–Crippen MR) is 63.7 cm³/mol. The Bertz CT molecular complexity index is 422. The first-order chi connectivity index (χ1) is 8.58. The lowest BCUT2D eigenvalue weighted by Crippen LogP contribution is -2.17. The average Bonchev–Trinajstić information content (AvgIpc) is 3.11. The molecular formula is C14H16F2O2. The van der Waals surface area contributed by atoms with Crippen molar-refractivity contribution in [1.29, 1.82) is 0 Å². The number of benzene rings is 1. The van der Waals surface area contributed by atoms with Crippen molar-refractivity contribution in [2.24, 2.45) is 0 Å². The molecule has 0 heterocycles. The van der Waals surface area contributed by atoms with Crippen LogP contribution in [0.15, 0.2) is 24.3 Å². The van der Waals surface area contributed by atoms with Gasteiger partial charge in [-0.2, -0.15) is 0 Å². The van der Waals surface area contributed by atoms with Gasteiger partial charge in [-0.1, -0.05) is 24.3 Å². The summed E-state index contributed by atoms with van der Waals surface area (Å²) in [7, 11) is 0. The van der Waals surface area contributed by atoms with E-state index in [1.54, 1.807) is 31.2 Å². The van der Waals surface area contributed by atoms with Crippen LogP contribution in [-0.4, -0.2) is 19.0 Å². The number of rotatable bonds is 5. The molecule has 0 bridgehead atoms. The Labute approximate surface area is 105 Å². The van der Waals surface area contributed by atoms with Gasteiger partial charge in [-0.3, -0.25) is 4.79 Å². The van der Waals surface area contributed by atoms with Crippen LogP contribution >= 0.6 is 0 Å². The lowest BCUT2D eigenvalue weighted by Gasteiger charge is -2.14. The van der Waals surface area contributed by atoms with E-state index in [0.717, 1.165) is 5.56 Å². The lowest BCUT2D eigenvalue weighted by molar-refractivity contribution is -0.142. The molecule has 0 unspecified atom stereocenters. The normalized spacial score (nSPS) is 16.7. The zero-order chi connectivity index (χ0) is 13.2. The van der Waals surface area contributed by atoms with Crippen LogP contribution in [0, 0.1) is 0 Å². The summed E-state index contributed by atoms with van der Waals surface area (Å²) in [6, 6.07) is 6.87. The minimum atomic E-state index is -2.31. The zero-order valence-corrected chi connectivity index (χ0v) is 10.3. The Balaban J connectivity index is 2.04. The van der Waals surface area contributed by atoms with E-state index in [1.165, 1.54) is 0 Å². The van der Waals surface area contributed by atoms with Crippen molar-refractivity contribution in [3.8, 4) is 0 Å². The van der Waals surface area contributed by atoms with E-state index >= 15 is 0 Å². The van der Waals surface area contributed by atoms with Gasteiger partial charge in [0.15, 0.2) is 0 Å². The summed E-state index contributed by atoms with van der Waals surface area (Å²) in [6.07, 6.45) is -1.03. The standard InChI is InChI=1S/C14H16F2O2/c1-2-18-12(17)9-10-3-5-11(6-4-10)14(7-8-14)13(15)16/h3-6,13H,2,7-9H2,1H3. The van der Waals surface area contributed by atoms with E-state index in [9.17, 15) is 13.6 Å². The smallest absolute Gasteiger partial charge is 0.310 e. The molecule has 2 rings (SSSR count). The fourth-order valence-corrected chi connectivity index (χ4v) is 2.10. The Morgan fingerprint density at radius 3 is 2.39 bits per heavy atom. The number of carbonyl (C=O) groups excluding carboxylic acids is 1. The molecule has 1 aliphatic rings. The van der Waals surface area contributed by atoms with Gasteiger partial charge in [0.2, 0.25) is 6.43 Å². The fraction of sp³-hybridized carbons (Fsp3) is 0.500. The summed E-state index contributed by atoms with van der Waals surface area (Å²) in [5.41, 5.74) is 0.537. The first-order valence-corrected chi connectivity index (χ1v) is 6.11. The van der Waals surface area contributed by atoms with Crippen LogP contribution in [0.4, 0.5) is 8.78 Å². The van der Waals surface area contributed by atoms with E-state index in [0.29, 0.717) is 25.0 Å². The summed E-state index contributed by atoms with van der Waals surface area (Å²) in [5.74, 6) is -0.291. The number of carbonyl (C=O) groups is 1. The van der Waals surface area contributed by atoms with Crippen molar-refractivity contribution in [3.63, 3.8) is 0 Å². The third-order valence-corrected chi connectivity index (χ3v) is 3.39. The summed E-state index contributed by atoms with van der Waals surface area (Å²) in [6.45, 7) is 2.10. The summed E-state index contributed by atoms with van der Waals surface area (Å²) in [5, 5.41) is 0. The number of halogens is 2. The van der Waals surface area contributed by atoms with Crippen LogP contribution in [0.2, 0.25) is 0 Å². The molecule has 0 aliphatic heterocycles. The van der Waals surface area contributed by atoms with Crippen LogP contribution in [0.3, 0.4) is 0 Å². The number of esters is 1. The van der Waals surface area contributed by atoms with Gasteiger partial charge in [0.1, 0.15) is 0 Å². The molecule has 0 aromatic heterocycles. The van der Waals surface area contributed by atoms with E-state index in [-0.39, 0.29) is 12.4 Å². The second-order valence-electron chi connectivity index (χ2n) is 4.64. The summed E-state index contributed by atoms with van der Waals surface area (Å²) < 4.78 is 30.6. The second-order valence-corrected chi connectivity index (χ2v) is 4.64. The minimum absolute atomic E-state index is 0.190. The predicted octanol–water partition coefficient (Wildman–Crippen LogP) is 3.09. The van der Waals surface area contributed by atoms with Gasteiger partial charge >= 0.3 is 5.97 Å². The van der Waals surface area contributed by atoms with Crippen molar-refractivity contribution in [1.82, 2.24) is 0 Å². The molecule has 18 heavy (non-hydrogen) atoms. The molecule has 0 spiro atoms. The molecule has 0 atom stereocenters. The summed E-state index contributed by atoms with van der Waals surface area (Å²) >= 11 is 0. The molecule has 1 aromatic rings. The molecule has 1 aromatic carbocycles. The molecule has 0 radical (unpaired) electrons. The lowest BCUT2D eigenvalue weighted by atomic mass is 9.95. The van der Waals surface area contributed by atoms with Gasteiger partial charge in [0.05, 0.1) is 18.4 Å². The topological polar surface area (TPSA) is 26.3 Å². The fourth-order valence-electron chi connectivity index (χ4n) is 2.10. The Kier molecular flexibility index (Phi) is 3.64. The van der Waals surface area contributed by atoms with Gasteiger partial charge in [-0.15, -0.1) is 0 Å². The van der Waals surface area contributed by atoms with Gasteiger partial charge in [0.25, 0.3) is 0 Å². The molecule has 0 amide bonds. The van der Waals surface area contributed by atoms with Crippen molar-refractivity contribution in [2.75, 3.05) is 6.61 Å². The molecule has 4 heteroatoms. The van der Waals surface area contributed by atoms with Gasteiger partial charge < -0.3 is 4.74 Å².